The second-order valence-electron chi connectivity index (χ2n) is 5.28. The third-order valence-electron chi connectivity index (χ3n) is 3.23. The van der Waals surface area contributed by atoms with E-state index in [4.69, 9.17) is 11.6 Å². The van der Waals surface area contributed by atoms with Crippen LogP contribution in [0.4, 0.5) is 0 Å². The van der Waals surface area contributed by atoms with E-state index >= 15 is 0 Å². The van der Waals surface area contributed by atoms with Crippen molar-refractivity contribution in [2.24, 2.45) is 5.92 Å². The highest BCUT2D eigenvalue weighted by molar-refractivity contribution is 14.1. The van der Waals surface area contributed by atoms with Gasteiger partial charge in [0.15, 0.2) is 0 Å². The van der Waals surface area contributed by atoms with Crippen LogP contribution in [0, 0.1) is 12.8 Å². The molecule has 0 spiro atoms. The zero-order valence-electron chi connectivity index (χ0n) is 10.9. The van der Waals surface area contributed by atoms with Gasteiger partial charge in [-0.1, -0.05) is 47.2 Å². The van der Waals surface area contributed by atoms with Crippen LogP contribution in [0.5, 0.6) is 0 Å². The zero-order chi connectivity index (χ0) is 14.3. The third-order valence-corrected chi connectivity index (χ3v) is 6.11. The molecule has 1 fully saturated rings. The molecule has 2 atom stereocenters. The lowest BCUT2D eigenvalue weighted by molar-refractivity contribution is 0.279. The van der Waals surface area contributed by atoms with E-state index in [0.29, 0.717) is 18.0 Å². The Morgan fingerprint density at radius 2 is 1.95 bits per heavy atom. The predicted octanol–water partition coefficient (Wildman–Crippen LogP) is 3.40. The number of benzene rings is 1. The maximum Gasteiger partial charge on any atom is 0.243 e. The van der Waals surface area contributed by atoms with Crippen LogP contribution in [0.1, 0.15) is 18.9 Å². The summed E-state index contributed by atoms with van der Waals surface area (Å²) in [4.78, 5) is 0.344. The van der Waals surface area contributed by atoms with E-state index in [9.17, 15) is 8.42 Å². The Kier molecular flexibility index (Phi) is 4.50. The van der Waals surface area contributed by atoms with Crippen LogP contribution in [0.25, 0.3) is 0 Å². The molecule has 0 radical (unpaired) electrons. The van der Waals surface area contributed by atoms with Crippen LogP contribution in [0.3, 0.4) is 0 Å². The molecule has 1 saturated heterocycles. The van der Waals surface area contributed by atoms with Gasteiger partial charge in [0, 0.05) is 13.1 Å². The van der Waals surface area contributed by atoms with E-state index < -0.39 is 12.9 Å². The summed E-state index contributed by atoms with van der Waals surface area (Å²) < 4.78 is 26.2. The van der Waals surface area contributed by atoms with E-state index in [1.54, 1.807) is 12.1 Å². The first kappa shape index (κ1) is 15.5. The number of sulfonamides is 1. The molecule has 2 rings (SSSR count). The normalized spacial score (nSPS) is 29.4. The fraction of sp³-hybridized carbons (Fsp3) is 0.538. The predicted molar refractivity (Wildman–Crippen MR) is 86.3 cm³/mol. The molecule has 1 aliphatic heterocycles. The van der Waals surface area contributed by atoms with E-state index in [1.807, 2.05) is 26.0 Å². The molecule has 1 aromatic rings. The average molecular weight is 414 g/mol. The summed E-state index contributed by atoms with van der Waals surface area (Å²) in [6, 6.07) is 6.95. The second kappa shape index (κ2) is 5.50. The van der Waals surface area contributed by atoms with Gasteiger partial charge in [-0.2, -0.15) is 4.31 Å². The van der Waals surface area contributed by atoms with Crippen molar-refractivity contribution in [3.05, 3.63) is 29.8 Å². The maximum absolute atomic E-state index is 12.6. The first-order valence-corrected chi connectivity index (χ1v) is 9.05. The smallest absolute Gasteiger partial charge is 0.207 e. The minimum Gasteiger partial charge on any atom is -0.207 e. The SMILES string of the molecule is Cc1ccc(S(=O)(=O)N2CC(C)CC(Cl)(I)C2)cc1. The van der Waals surface area contributed by atoms with Crippen LogP contribution in [-0.4, -0.2) is 28.7 Å². The summed E-state index contributed by atoms with van der Waals surface area (Å²) in [5.41, 5.74) is 1.05. The number of rotatable bonds is 2. The molecule has 1 aromatic carbocycles. The summed E-state index contributed by atoms with van der Waals surface area (Å²) in [5.74, 6) is 0.267. The van der Waals surface area contributed by atoms with Crippen molar-refractivity contribution in [3.63, 3.8) is 0 Å². The monoisotopic (exact) mass is 413 g/mol. The number of halogens is 2. The fourth-order valence-corrected chi connectivity index (χ4v) is 5.84. The lowest BCUT2D eigenvalue weighted by Gasteiger charge is -2.37. The van der Waals surface area contributed by atoms with Crippen molar-refractivity contribution in [2.45, 2.75) is 28.0 Å². The van der Waals surface area contributed by atoms with Crippen LogP contribution >= 0.6 is 34.2 Å². The van der Waals surface area contributed by atoms with Gasteiger partial charge in [0.25, 0.3) is 0 Å². The van der Waals surface area contributed by atoms with Gasteiger partial charge in [0.2, 0.25) is 10.0 Å². The largest absolute Gasteiger partial charge is 0.243 e. The first-order valence-electron chi connectivity index (χ1n) is 6.15. The van der Waals surface area contributed by atoms with E-state index in [1.165, 1.54) is 4.31 Å². The zero-order valence-corrected chi connectivity index (χ0v) is 14.7. The van der Waals surface area contributed by atoms with E-state index in [0.717, 1.165) is 12.0 Å². The average Bonchev–Trinajstić information content (AvgIpc) is 2.26. The number of alkyl halides is 2. The van der Waals surface area contributed by atoms with Crippen LogP contribution in [0.15, 0.2) is 29.2 Å². The van der Waals surface area contributed by atoms with Gasteiger partial charge in [-0.25, -0.2) is 8.42 Å². The Balaban J connectivity index is 2.31. The number of hydrogen-bond acceptors (Lipinski definition) is 2. The molecule has 1 heterocycles. The Morgan fingerprint density at radius 3 is 2.47 bits per heavy atom. The number of hydrogen-bond donors (Lipinski definition) is 0. The van der Waals surface area contributed by atoms with Crippen LogP contribution < -0.4 is 0 Å². The Hall–Kier alpha value is 0.150. The Morgan fingerprint density at radius 1 is 1.37 bits per heavy atom. The van der Waals surface area contributed by atoms with Gasteiger partial charge in [-0.3, -0.25) is 0 Å². The van der Waals surface area contributed by atoms with Crippen molar-refractivity contribution in [1.82, 2.24) is 4.31 Å². The number of aryl methyl sites for hydroxylation is 1. The minimum atomic E-state index is -3.44. The van der Waals surface area contributed by atoms with Gasteiger partial charge < -0.3 is 0 Å². The maximum atomic E-state index is 12.6. The van der Waals surface area contributed by atoms with Crippen molar-refractivity contribution >= 4 is 44.2 Å². The van der Waals surface area contributed by atoms with Crippen LogP contribution in [0.2, 0.25) is 0 Å². The second-order valence-corrected chi connectivity index (χ2v) is 10.6. The van der Waals surface area contributed by atoms with Gasteiger partial charge in [0.1, 0.15) is 2.88 Å². The molecule has 0 amide bonds. The molecular weight excluding hydrogens is 397 g/mol. The van der Waals surface area contributed by atoms with Gasteiger partial charge >= 0.3 is 0 Å². The molecule has 1 aliphatic rings. The molecule has 0 bridgehead atoms. The summed E-state index contributed by atoms with van der Waals surface area (Å²) in [6.45, 7) is 4.87. The molecule has 0 aromatic heterocycles. The molecule has 0 saturated carbocycles. The van der Waals surface area contributed by atoms with Gasteiger partial charge in [-0.15, -0.1) is 11.6 Å². The standard InChI is InChI=1S/C13H17ClINO2S/c1-10-3-5-12(6-4-10)19(17,18)16-8-11(2)7-13(14,15)9-16/h3-6,11H,7-9H2,1-2H3. The molecule has 19 heavy (non-hydrogen) atoms. The lowest BCUT2D eigenvalue weighted by atomic mass is 10.0. The highest BCUT2D eigenvalue weighted by Crippen LogP contribution is 2.38. The Bertz CT molecular complexity index is 557. The Labute approximate surface area is 133 Å². The molecular formula is C13H17ClINO2S. The fourth-order valence-electron chi connectivity index (χ4n) is 2.35. The van der Waals surface area contributed by atoms with Gasteiger partial charge in [0.05, 0.1) is 4.90 Å². The third kappa shape index (κ3) is 3.62. The lowest BCUT2D eigenvalue weighted by Crippen LogP contribution is -2.47. The van der Waals surface area contributed by atoms with Crippen molar-refractivity contribution < 1.29 is 8.42 Å². The summed E-state index contributed by atoms with van der Waals surface area (Å²) in [6.07, 6.45) is 0.828. The molecule has 2 unspecified atom stereocenters. The molecule has 3 nitrogen and oxygen atoms in total. The minimum absolute atomic E-state index is 0.267. The molecule has 0 aliphatic carbocycles. The molecule has 6 heteroatoms. The summed E-state index contributed by atoms with van der Waals surface area (Å²) in [5, 5.41) is 0. The van der Waals surface area contributed by atoms with Gasteiger partial charge in [-0.05, 0) is 31.4 Å². The molecule has 106 valence electrons. The highest BCUT2D eigenvalue weighted by Gasteiger charge is 2.39. The first-order chi connectivity index (χ1) is 8.71. The molecule has 0 N–H and O–H groups in total. The van der Waals surface area contributed by atoms with Crippen molar-refractivity contribution in [1.29, 1.82) is 0 Å². The summed E-state index contributed by atoms with van der Waals surface area (Å²) >= 11 is 8.51. The summed E-state index contributed by atoms with van der Waals surface area (Å²) in [7, 11) is -3.44. The quantitative estimate of drug-likeness (QED) is 0.550. The van der Waals surface area contributed by atoms with Crippen molar-refractivity contribution in [2.75, 3.05) is 13.1 Å². The van der Waals surface area contributed by atoms with E-state index in [-0.39, 0.29) is 5.92 Å². The number of nitrogens with zero attached hydrogens (tertiary/aromatic N) is 1. The van der Waals surface area contributed by atoms with E-state index in [2.05, 4.69) is 22.6 Å². The van der Waals surface area contributed by atoms with Crippen LogP contribution in [-0.2, 0) is 10.0 Å². The topological polar surface area (TPSA) is 37.4 Å². The number of piperidine rings is 1. The highest BCUT2D eigenvalue weighted by atomic mass is 127. The van der Waals surface area contributed by atoms with Crippen molar-refractivity contribution in [3.8, 4) is 0 Å².